The molecule has 1 unspecified atom stereocenters. The molecular weight excluding hydrogens is 274 g/mol. The summed E-state index contributed by atoms with van der Waals surface area (Å²) < 4.78 is 5.64. The average molecular weight is 293 g/mol. The van der Waals surface area contributed by atoms with Gasteiger partial charge in [-0.25, -0.2) is 0 Å². The van der Waals surface area contributed by atoms with Gasteiger partial charge in [-0.15, -0.1) is 0 Å². The number of carbonyl (C=O) groups is 1. The lowest BCUT2D eigenvalue weighted by Gasteiger charge is -2.27. The van der Waals surface area contributed by atoms with E-state index in [4.69, 9.17) is 10.5 Å². The maximum absolute atomic E-state index is 11.6. The van der Waals surface area contributed by atoms with E-state index in [1.807, 2.05) is 0 Å². The van der Waals surface area contributed by atoms with Crippen LogP contribution in [0.3, 0.4) is 0 Å². The number of nitro benzene ring substituents is 1. The number of nitro groups is 1. The number of nitrogens with two attached hydrogens (primary N) is 1. The van der Waals surface area contributed by atoms with Crippen molar-refractivity contribution >= 4 is 11.6 Å². The number of aryl methyl sites for hydroxylation is 1. The third kappa shape index (κ3) is 3.69. The van der Waals surface area contributed by atoms with E-state index in [0.29, 0.717) is 17.4 Å². The molecule has 0 heterocycles. The second kappa shape index (κ2) is 5.69. The number of hydrogen-bond donors (Lipinski definition) is 2. The zero-order chi connectivity index (χ0) is 15.6. The minimum atomic E-state index is -0.949. The van der Waals surface area contributed by atoms with Crippen molar-refractivity contribution in [3.8, 4) is 5.75 Å². The average Bonchev–Trinajstić information content (AvgIpc) is 3.20. The first-order valence-corrected chi connectivity index (χ1v) is 6.77. The lowest BCUT2D eigenvalue weighted by Crippen LogP contribution is -2.57. The number of ether oxygens (including phenoxy) is 1. The van der Waals surface area contributed by atoms with Gasteiger partial charge in [-0.3, -0.25) is 20.2 Å². The van der Waals surface area contributed by atoms with Crippen LogP contribution in [0, 0.1) is 17.0 Å². The van der Waals surface area contributed by atoms with E-state index < -0.39 is 16.4 Å². The Bertz CT molecular complexity index is 571. The normalized spacial score (nSPS) is 17.0. The van der Waals surface area contributed by atoms with Crippen LogP contribution in [0.15, 0.2) is 18.2 Å². The van der Waals surface area contributed by atoms with Crippen LogP contribution in [0.4, 0.5) is 5.69 Å². The van der Waals surface area contributed by atoms with Crippen molar-refractivity contribution in [2.75, 3.05) is 6.61 Å². The van der Waals surface area contributed by atoms with Crippen LogP contribution >= 0.6 is 0 Å². The van der Waals surface area contributed by atoms with Crippen molar-refractivity contribution in [3.63, 3.8) is 0 Å². The number of amides is 1. The Hall–Kier alpha value is -2.15. The van der Waals surface area contributed by atoms with Gasteiger partial charge in [-0.05, 0) is 38.3 Å². The van der Waals surface area contributed by atoms with Crippen LogP contribution in [0.25, 0.3) is 0 Å². The van der Waals surface area contributed by atoms with Gasteiger partial charge in [0.2, 0.25) is 5.91 Å². The summed E-state index contributed by atoms with van der Waals surface area (Å²) in [5.41, 5.74) is 5.14. The van der Waals surface area contributed by atoms with E-state index in [9.17, 15) is 14.9 Å². The molecule has 0 saturated heterocycles. The van der Waals surface area contributed by atoms with Crippen LogP contribution in [0.1, 0.15) is 25.3 Å². The van der Waals surface area contributed by atoms with Gasteiger partial charge in [0, 0.05) is 18.2 Å². The Kier molecular flexibility index (Phi) is 4.13. The molecule has 7 nitrogen and oxygen atoms in total. The fourth-order valence-electron chi connectivity index (χ4n) is 1.99. The van der Waals surface area contributed by atoms with Gasteiger partial charge in [0.1, 0.15) is 17.9 Å². The van der Waals surface area contributed by atoms with Crippen molar-refractivity contribution in [3.05, 3.63) is 33.9 Å². The molecule has 0 radical (unpaired) electrons. The number of non-ortho nitro benzene ring substituents is 1. The Morgan fingerprint density at radius 3 is 2.71 bits per heavy atom. The van der Waals surface area contributed by atoms with Crippen molar-refractivity contribution in [2.24, 2.45) is 5.73 Å². The molecule has 2 rings (SSSR count). The van der Waals surface area contributed by atoms with Crippen LogP contribution in [0.5, 0.6) is 5.75 Å². The standard InChI is InChI=1S/C14H19N3O4/c1-9-7-11(17(19)20)5-6-12(9)21-8-14(2,13(15)18)16-10-3-4-10/h5-7,10,16H,3-4,8H2,1-2H3,(H2,15,18). The fraction of sp³-hybridized carbons (Fsp3) is 0.500. The van der Waals surface area contributed by atoms with E-state index in [2.05, 4.69) is 5.32 Å². The van der Waals surface area contributed by atoms with Gasteiger partial charge < -0.3 is 10.5 Å². The molecule has 21 heavy (non-hydrogen) atoms. The van der Waals surface area contributed by atoms with Crippen molar-refractivity contribution in [2.45, 2.75) is 38.3 Å². The number of nitrogens with one attached hydrogen (secondary N) is 1. The molecule has 114 valence electrons. The molecule has 0 spiro atoms. The SMILES string of the molecule is Cc1cc([N+](=O)[O-])ccc1OCC(C)(NC1CC1)C(N)=O. The molecule has 1 saturated carbocycles. The van der Waals surface area contributed by atoms with Gasteiger partial charge in [0.25, 0.3) is 5.69 Å². The quantitative estimate of drug-likeness (QED) is 0.581. The molecule has 1 aromatic rings. The summed E-state index contributed by atoms with van der Waals surface area (Å²) >= 11 is 0. The van der Waals surface area contributed by atoms with E-state index in [1.165, 1.54) is 18.2 Å². The predicted octanol–water partition coefficient (Wildman–Crippen LogP) is 1.28. The Morgan fingerprint density at radius 2 is 2.24 bits per heavy atom. The lowest BCUT2D eigenvalue weighted by atomic mass is 10.0. The number of rotatable bonds is 7. The summed E-state index contributed by atoms with van der Waals surface area (Å²) in [6.45, 7) is 3.50. The maximum atomic E-state index is 11.6. The number of hydrogen-bond acceptors (Lipinski definition) is 5. The van der Waals surface area contributed by atoms with E-state index in [-0.39, 0.29) is 12.3 Å². The van der Waals surface area contributed by atoms with Crippen molar-refractivity contribution in [1.29, 1.82) is 0 Å². The summed E-state index contributed by atoms with van der Waals surface area (Å²) in [4.78, 5) is 21.9. The minimum absolute atomic E-state index is 0.00798. The van der Waals surface area contributed by atoms with Crippen LogP contribution in [0.2, 0.25) is 0 Å². The number of benzene rings is 1. The van der Waals surface area contributed by atoms with Gasteiger partial charge in [-0.2, -0.15) is 0 Å². The second-order valence-electron chi connectivity index (χ2n) is 5.61. The number of carbonyl (C=O) groups excluding carboxylic acids is 1. The predicted molar refractivity (Wildman–Crippen MR) is 77.1 cm³/mol. The number of nitrogens with zero attached hydrogens (tertiary/aromatic N) is 1. The molecular formula is C14H19N3O4. The highest BCUT2D eigenvalue weighted by atomic mass is 16.6. The molecule has 0 bridgehead atoms. The van der Waals surface area contributed by atoms with E-state index in [1.54, 1.807) is 13.8 Å². The van der Waals surface area contributed by atoms with Crippen molar-refractivity contribution < 1.29 is 14.5 Å². The lowest BCUT2D eigenvalue weighted by molar-refractivity contribution is -0.384. The van der Waals surface area contributed by atoms with Gasteiger partial charge in [0.15, 0.2) is 0 Å². The van der Waals surface area contributed by atoms with Gasteiger partial charge >= 0.3 is 0 Å². The minimum Gasteiger partial charge on any atom is -0.491 e. The Morgan fingerprint density at radius 1 is 1.57 bits per heavy atom. The number of primary amides is 1. The zero-order valence-corrected chi connectivity index (χ0v) is 12.1. The molecule has 1 atom stereocenters. The molecule has 1 fully saturated rings. The highest BCUT2D eigenvalue weighted by Crippen LogP contribution is 2.26. The summed E-state index contributed by atoms with van der Waals surface area (Å²) in [5.74, 6) is 0.0274. The Balaban J connectivity index is 2.06. The van der Waals surface area contributed by atoms with Crippen LogP contribution in [-0.4, -0.2) is 29.0 Å². The smallest absolute Gasteiger partial charge is 0.269 e. The molecule has 0 aliphatic heterocycles. The summed E-state index contributed by atoms with van der Waals surface area (Å²) in [6.07, 6.45) is 2.05. The molecule has 1 amide bonds. The van der Waals surface area contributed by atoms with E-state index in [0.717, 1.165) is 12.8 Å². The van der Waals surface area contributed by atoms with E-state index >= 15 is 0 Å². The first-order chi connectivity index (χ1) is 9.82. The summed E-state index contributed by atoms with van der Waals surface area (Å²) in [5, 5.41) is 13.9. The van der Waals surface area contributed by atoms with Gasteiger partial charge in [-0.1, -0.05) is 0 Å². The Labute approximate surface area is 122 Å². The largest absolute Gasteiger partial charge is 0.491 e. The fourth-order valence-corrected chi connectivity index (χ4v) is 1.99. The highest BCUT2D eigenvalue weighted by molar-refractivity contribution is 5.84. The molecule has 3 N–H and O–H groups in total. The molecule has 1 aliphatic carbocycles. The van der Waals surface area contributed by atoms with Crippen LogP contribution < -0.4 is 15.8 Å². The maximum Gasteiger partial charge on any atom is 0.269 e. The summed E-state index contributed by atoms with van der Waals surface area (Å²) in [7, 11) is 0. The highest BCUT2D eigenvalue weighted by Gasteiger charge is 2.38. The van der Waals surface area contributed by atoms with Crippen LogP contribution in [-0.2, 0) is 4.79 Å². The molecule has 0 aromatic heterocycles. The monoisotopic (exact) mass is 293 g/mol. The second-order valence-corrected chi connectivity index (χ2v) is 5.61. The zero-order valence-electron chi connectivity index (χ0n) is 12.1. The molecule has 1 aliphatic rings. The third-order valence-electron chi connectivity index (χ3n) is 3.53. The van der Waals surface area contributed by atoms with Gasteiger partial charge in [0.05, 0.1) is 4.92 Å². The first-order valence-electron chi connectivity index (χ1n) is 6.77. The first kappa shape index (κ1) is 15.2. The molecule has 7 heteroatoms. The topological polar surface area (TPSA) is 107 Å². The third-order valence-corrected chi connectivity index (χ3v) is 3.53. The molecule has 1 aromatic carbocycles. The summed E-state index contributed by atoms with van der Waals surface area (Å²) in [6, 6.07) is 4.65. The van der Waals surface area contributed by atoms with Crippen molar-refractivity contribution in [1.82, 2.24) is 5.32 Å².